The molecule has 0 aromatic heterocycles. The number of epoxide rings is 1. The number of ether oxygens (including phenoxy) is 1. The zero-order chi connectivity index (χ0) is 17.4. The third kappa shape index (κ3) is 2.59. The van der Waals surface area contributed by atoms with Crippen LogP contribution in [0.5, 0.6) is 0 Å². The van der Waals surface area contributed by atoms with Crippen LogP contribution >= 0.6 is 0 Å². The first-order chi connectivity index (χ1) is 12.1. The summed E-state index contributed by atoms with van der Waals surface area (Å²) in [6.45, 7) is 2.05. The number of carbonyl (C=O) groups is 2. The van der Waals surface area contributed by atoms with Crippen LogP contribution in [0.4, 0.5) is 0 Å². The Morgan fingerprint density at radius 1 is 0.960 bits per heavy atom. The predicted octanol–water partition coefficient (Wildman–Crippen LogP) is 3.03. The summed E-state index contributed by atoms with van der Waals surface area (Å²) >= 11 is 0. The molecular formula is C21H19NO3. The molecular weight excluding hydrogens is 314 g/mol. The Morgan fingerprint density at radius 2 is 1.52 bits per heavy atom. The summed E-state index contributed by atoms with van der Waals surface area (Å²) < 4.78 is 6.17. The second kappa shape index (κ2) is 5.97. The number of benzene rings is 2. The lowest BCUT2D eigenvalue weighted by atomic mass is 9.87. The average Bonchev–Trinajstić information content (AvgIpc) is 3.33. The molecule has 1 saturated heterocycles. The van der Waals surface area contributed by atoms with E-state index in [1.54, 1.807) is 6.92 Å². The zero-order valence-electron chi connectivity index (χ0n) is 14.0. The third-order valence-corrected chi connectivity index (χ3v) is 4.93. The van der Waals surface area contributed by atoms with Gasteiger partial charge >= 0.3 is 0 Å². The molecule has 4 rings (SSSR count). The molecule has 0 N–H and O–H groups in total. The topological polar surface area (TPSA) is 49.9 Å². The van der Waals surface area contributed by atoms with Gasteiger partial charge in [-0.05, 0) is 24.5 Å². The Kier molecular flexibility index (Phi) is 3.77. The molecule has 4 nitrogen and oxygen atoms in total. The van der Waals surface area contributed by atoms with Crippen molar-refractivity contribution in [1.82, 2.24) is 4.90 Å². The molecule has 0 radical (unpaired) electrons. The minimum atomic E-state index is -0.489. The van der Waals surface area contributed by atoms with Gasteiger partial charge in [0.15, 0.2) is 0 Å². The predicted molar refractivity (Wildman–Crippen MR) is 93.6 cm³/mol. The SMILES string of the molecule is CC1=CC(=O)N(CCC2OC2(c2ccccc2)c2ccccc2)C1=O. The lowest BCUT2D eigenvalue weighted by Gasteiger charge is -2.16. The number of nitrogens with zero attached hydrogens (tertiary/aromatic N) is 1. The lowest BCUT2D eigenvalue weighted by Crippen LogP contribution is -2.33. The summed E-state index contributed by atoms with van der Waals surface area (Å²) in [4.78, 5) is 25.3. The van der Waals surface area contributed by atoms with Gasteiger partial charge in [-0.15, -0.1) is 0 Å². The Labute approximate surface area is 146 Å². The molecule has 2 aliphatic heterocycles. The van der Waals surface area contributed by atoms with Gasteiger partial charge in [-0.3, -0.25) is 14.5 Å². The highest BCUT2D eigenvalue weighted by atomic mass is 16.6. The molecule has 2 aliphatic rings. The van der Waals surface area contributed by atoms with Crippen LogP contribution in [0.25, 0.3) is 0 Å². The summed E-state index contributed by atoms with van der Waals surface area (Å²) in [5.41, 5.74) is 2.20. The smallest absolute Gasteiger partial charge is 0.256 e. The Bertz CT molecular complexity index is 802. The van der Waals surface area contributed by atoms with E-state index in [2.05, 4.69) is 24.3 Å². The van der Waals surface area contributed by atoms with Crippen LogP contribution in [-0.4, -0.2) is 29.4 Å². The van der Waals surface area contributed by atoms with E-state index in [1.807, 2.05) is 36.4 Å². The van der Waals surface area contributed by atoms with Gasteiger partial charge in [-0.2, -0.15) is 0 Å². The summed E-state index contributed by atoms with van der Waals surface area (Å²) in [6, 6.07) is 20.2. The number of hydrogen-bond acceptors (Lipinski definition) is 3. The first kappa shape index (κ1) is 15.8. The zero-order valence-corrected chi connectivity index (χ0v) is 14.0. The molecule has 1 atom stereocenters. The summed E-state index contributed by atoms with van der Waals surface area (Å²) in [5, 5.41) is 0. The van der Waals surface area contributed by atoms with Crippen molar-refractivity contribution in [3.05, 3.63) is 83.4 Å². The Balaban J connectivity index is 1.56. The van der Waals surface area contributed by atoms with Crippen LogP contribution in [0, 0.1) is 0 Å². The number of amides is 2. The first-order valence-corrected chi connectivity index (χ1v) is 8.46. The van der Waals surface area contributed by atoms with Gasteiger partial charge in [0, 0.05) is 18.2 Å². The highest BCUT2D eigenvalue weighted by molar-refractivity contribution is 6.15. The molecule has 126 valence electrons. The number of carbonyl (C=O) groups excluding carboxylic acids is 2. The summed E-state index contributed by atoms with van der Waals surface area (Å²) in [5.74, 6) is -0.427. The van der Waals surface area contributed by atoms with Crippen LogP contribution in [-0.2, 0) is 19.9 Å². The van der Waals surface area contributed by atoms with E-state index in [-0.39, 0.29) is 17.9 Å². The maximum atomic E-state index is 12.0. The van der Waals surface area contributed by atoms with Crippen LogP contribution in [0.3, 0.4) is 0 Å². The van der Waals surface area contributed by atoms with E-state index in [0.717, 1.165) is 11.1 Å². The highest BCUT2D eigenvalue weighted by Gasteiger charge is 2.58. The van der Waals surface area contributed by atoms with E-state index in [9.17, 15) is 9.59 Å². The maximum absolute atomic E-state index is 12.0. The van der Waals surface area contributed by atoms with Gasteiger partial charge in [0.25, 0.3) is 11.8 Å². The van der Waals surface area contributed by atoms with Crippen molar-refractivity contribution in [1.29, 1.82) is 0 Å². The fraction of sp³-hybridized carbons (Fsp3) is 0.238. The molecule has 2 heterocycles. The highest BCUT2D eigenvalue weighted by Crippen LogP contribution is 2.53. The number of rotatable bonds is 5. The molecule has 0 bridgehead atoms. The number of hydrogen-bond donors (Lipinski definition) is 0. The van der Waals surface area contributed by atoms with Gasteiger partial charge < -0.3 is 4.74 Å². The minimum absolute atomic E-state index is 0.0567. The van der Waals surface area contributed by atoms with Crippen molar-refractivity contribution < 1.29 is 14.3 Å². The van der Waals surface area contributed by atoms with Crippen molar-refractivity contribution in [2.75, 3.05) is 6.54 Å². The standard InChI is InChI=1S/C21H19NO3/c1-15-14-19(23)22(20(15)24)13-12-18-21(25-18,16-8-4-2-5-9-16)17-10-6-3-7-11-17/h2-11,14,18H,12-13H2,1H3. The van der Waals surface area contributed by atoms with Crippen molar-refractivity contribution in [3.63, 3.8) is 0 Å². The average molecular weight is 333 g/mol. The van der Waals surface area contributed by atoms with Crippen LogP contribution < -0.4 is 0 Å². The van der Waals surface area contributed by atoms with Crippen molar-refractivity contribution in [2.24, 2.45) is 0 Å². The minimum Gasteiger partial charge on any atom is -0.356 e. The lowest BCUT2D eigenvalue weighted by molar-refractivity contribution is -0.137. The molecule has 4 heteroatoms. The molecule has 2 aromatic rings. The van der Waals surface area contributed by atoms with E-state index < -0.39 is 5.60 Å². The molecule has 25 heavy (non-hydrogen) atoms. The molecule has 0 spiro atoms. The third-order valence-electron chi connectivity index (χ3n) is 4.93. The van der Waals surface area contributed by atoms with E-state index in [0.29, 0.717) is 18.5 Å². The van der Waals surface area contributed by atoms with Gasteiger partial charge in [-0.25, -0.2) is 0 Å². The normalized spacial score (nSPS) is 21.4. The van der Waals surface area contributed by atoms with Crippen molar-refractivity contribution in [2.45, 2.75) is 25.0 Å². The molecule has 2 amide bonds. The van der Waals surface area contributed by atoms with Crippen LogP contribution in [0.1, 0.15) is 24.5 Å². The van der Waals surface area contributed by atoms with E-state index >= 15 is 0 Å². The molecule has 1 unspecified atom stereocenters. The van der Waals surface area contributed by atoms with Gasteiger partial charge in [0.05, 0.1) is 6.10 Å². The Morgan fingerprint density at radius 3 is 2.00 bits per heavy atom. The maximum Gasteiger partial charge on any atom is 0.256 e. The molecule has 0 saturated carbocycles. The fourth-order valence-corrected chi connectivity index (χ4v) is 3.59. The van der Waals surface area contributed by atoms with Crippen LogP contribution in [0.15, 0.2) is 72.3 Å². The quantitative estimate of drug-likeness (QED) is 0.624. The van der Waals surface area contributed by atoms with Crippen molar-refractivity contribution >= 4 is 11.8 Å². The van der Waals surface area contributed by atoms with Gasteiger partial charge in [0.2, 0.25) is 0 Å². The van der Waals surface area contributed by atoms with E-state index in [1.165, 1.54) is 11.0 Å². The molecule has 1 fully saturated rings. The second-order valence-electron chi connectivity index (χ2n) is 6.49. The van der Waals surface area contributed by atoms with Gasteiger partial charge in [0.1, 0.15) is 5.60 Å². The summed E-state index contributed by atoms with van der Waals surface area (Å²) in [6.07, 6.45) is 1.96. The van der Waals surface area contributed by atoms with E-state index in [4.69, 9.17) is 4.74 Å². The largest absolute Gasteiger partial charge is 0.356 e. The van der Waals surface area contributed by atoms with Crippen LogP contribution in [0.2, 0.25) is 0 Å². The first-order valence-electron chi connectivity index (χ1n) is 8.46. The number of imide groups is 1. The fourth-order valence-electron chi connectivity index (χ4n) is 3.59. The summed E-state index contributed by atoms with van der Waals surface area (Å²) in [7, 11) is 0. The van der Waals surface area contributed by atoms with Gasteiger partial charge in [-0.1, -0.05) is 60.7 Å². The molecule has 2 aromatic carbocycles. The Hall–Kier alpha value is -2.72. The second-order valence-corrected chi connectivity index (χ2v) is 6.49. The van der Waals surface area contributed by atoms with Crippen molar-refractivity contribution in [3.8, 4) is 0 Å². The molecule has 0 aliphatic carbocycles. The monoisotopic (exact) mass is 333 g/mol.